The summed E-state index contributed by atoms with van der Waals surface area (Å²) < 4.78 is 0. The van der Waals surface area contributed by atoms with Crippen molar-refractivity contribution in [2.24, 2.45) is 0 Å². The van der Waals surface area contributed by atoms with Crippen molar-refractivity contribution < 1.29 is 0 Å². The Balaban J connectivity index is 2.04. The van der Waals surface area contributed by atoms with Crippen LogP contribution in [0.15, 0.2) is 48.5 Å². The van der Waals surface area contributed by atoms with Gasteiger partial charge in [-0.05, 0) is 56.0 Å². The summed E-state index contributed by atoms with van der Waals surface area (Å²) in [4.78, 5) is 0. The number of aryl methyl sites for hydroxylation is 1. The molecule has 0 fully saturated rings. The van der Waals surface area contributed by atoms with Crippen molar-refractivity contribution >= 4 is 11.6 Å². The van der Waals surface area contributed by atoms with E-state index >= 15 is 0 Å². The van der Waals surface area contributed by atoms with Gasteiger partial charge in [0.05, 0.1) is 0 Å². The molecule has 2 rings (SSSR count). The molecule has 0 bridgehead atoms. The molecule has 1 atom stereocenters. The standard InChI is InChI=1S/C19H24ClN/c1-3-11-21-19(13-16-7-9-18(20)10-8-16)14-17-6-4-5-15(2)12-17/h4-10,12,19,21H,3,11,13-14H2,1-2H3. The SMILES string of the molecule is CCCNC(Cc1ccc(Cl)cc1)Cc1cccc(C)c1. The summed E-state index contributed by atoms with van der Waals surface area (Å²) in [6, 6.07) is 17.5. The van der Waals surface area contributed by atoms with Crippen LogP contribution in [0.1, 0.15) is 30.0 Å². The second-order valence-electron chi connectivity index (χ2n) is 5.67. The molecule has 0 aliphatic heterocycles. The van der Waals surface area contributed by atoms with E-state index in [0.29, 0.717) is 6.04 Å². The highest BCUT2D eigenvalue weighted by atomic mass is 35.5. The average Bonchev–Trinajstić information content (AvgIpc) is 2.47. The molecule has 2 aromatic carbocycles. The Kier molecular flexibility index (Phi) is 6.28. The van der Waals surface area contributed by atoms with Gasteiger partial charge in [-0.25, -0.2) is 0 Å². The molecule has 2 heteroatoms. The second-order valence-corrected chi connectivity index (χ2v) is 6.11. The molecule has 0 aliphatic rings. The molecule has 0 aromatic heterocycles. The number of nitrogens with one attached hydrogen (secondary N) is 1. The summed E-state index contributed by atoms with van der Waals surface area (Å²) >= 11 is 5.96. The van der Waals surface area contributed by atoms with E-state index in [-0.39, 0.29) is 0 Å². The fraction of sp³-hybridized carbons (Fsp3) is 0.368. The minimum Gasteiger partial charge on any atom is -0.313 e. The normalized spacial score (nSPS) is 12.3. The van der Waals surface area contributed by atoms with Gasteiger partial charge in [-0.15, -0.1) is 0 Å². The van der Waals surface area contributed by atoms with Crippen LogP contribution in [0.4, 0.5) is 0 Å². The van der Waals surface area contributed by atoms with Crippen molar-refractivity contribution in [1.29, 1.82) is 0 Å². The third-order valence-corrected chi connectivity index (χ3v) is 3.89. The van der Waals surface area contributed by atoms with Crippen LogP contribution in [0.25, 0.3) is 0 Å². The second kappa shape index (κ2) is 8.21. The summed E-state index contributed by atoms with van der Waals surface area (Å²) in [6.07, 6.45) is 3.25. The van der Waals surface area contributed by atoms with Gasteiger partial charge in [-0.1, -0.05) is 60.5 Å². The Morgan fingerprint density at radius 1 is 1.00 bits per heavy atom. The number of rotatable bonds is 7. The first-order valence-electron chi connectivity index (χ1n) is 7.70. The fourth-order valence-corrected chi connectivity index (χ4v) is 2.72. The first-order chi connectivity index (χ1) is 10.2. The Bertz CT molecular complexity index is 548. The lowest BCUT2D eigenvalue weighted by atomic mass is 9.98. The van der Waals surface area contributed by atoms with Gasteiger partial charge in [0.1, 0.15) is 0 Å². The molecule has 21 heavy (non-hydrogen) atoms. The molecule has 0 amide bonds. The Morgan fingerprint density at radius 2 is 1.71 bits per heavy atom. The lowest BCUT2D eigenvalue weighted by Crippen LogP contribution is -2.33. The average molecular weight is 302 g/mol. The zero-order valence-electron chi connectivity index (χ0n) is 12.9. The lowest BCUT2D eigenvalue weighted by molar-refractivity contribution is 0.504. The molecule has 0 radical (unpaired) electrons. The van der Waals surface area contributed by atoms with Crippen LogP contribution in [0.3, 0.4) is 0 Å². The number of hydrogen-bond donors (Lipinski definition) is 1. The van der Waals surface area contributed by atoms with Gasteiger partial charge in [0.15, 0.2) is 0 Å². The molecule has 0 saturated carbocycles. The maximum atomic E-state index is 5.96. The fourth-order valence-electron chi connectivity index (χ4n) is 2.59. The van der Waals surface area contributed by atoms with E-state index in [9.17, 15) is 0 Å². The molecule has 1 nitrogen and oxygen atoms in total. The molecule has 1 N–H and O–H groups in total. The number of hydrogen-bond acceptors (Lipinski definition) is 1. The molecule has 112 valence electrons. The van der Waals surface area contributed by atoms with Crippen LogP contribution < -0.4 is 5.32 Å². The molecule has 0 aliphatic carbocycles. The predicted octanol–water partition coefficient (Wildman–Crippen LogP) is 4.80. The van der Waals surface area contributed by atoms with E-state index in [4.69, 9.17) is 11.6 Å². The van der Waals surface area contributed by atoms with Crippen LogP contribution in [0, 0.1) is 6.92 Å². The van der Waals surface area contributed by atoms with E-state index in [2.05, 4.69) is 55.6 Å². The van der Waals surface area contributed by atoms with Crippen molar-refractivity contribution in [3.05, 3.63) is 70.2 Å². The minimum absolute atomic E-state index is 0.466. The highest BCUT2D eigenvalue weighted by Crippen LogP contribution is 2.14. The van der Waals surface area contributed by atoms with Gasteiger partial charge >= 0.3 is 0 Å². The van der Waals surface area contributed by atoms with Crippen LogP contribution in [-0.2, 0) is 12.8 Å². The van der Waals surface area contributed by atoms with Crippen molar-refractivity contribution in [3.63, 3.8) is 0 Å². The Hall–Kier alpha value is -1.31. The molecule has 0 spiro atoms. The van der Waals surface area contributed by atoms with Crippen molar-refractivity contribution in [2.45, 2.75) is 39.2 Å². The third kappa shape index (κ3) is 5.53. The van der Waals surface area contributed by atoms with Crippen LogP contribution >= 0.6 is 11.6 Å². The smallest absolute Gasteiger partial charge is 0.0406 e. The zero-order valence-corrected chi connectivity index (χ0v) is 13.7. The van der Waals surface area contributed by atoms with Gasteiger partial charge in [0.25, 0.3) is 0 Å². The largest absolute Gasteiger partial charge is 0.313 e. The summed E-state index contributed by atoms with van der Waals surface area (Å²) in [5.41, 5.74) is 4.06. The van der Waals surface area contributed by atoms with Crippen molar-refractivity contribution in [2.75, 3.05) is 6.54 Å². The van der Waals surface area contributed by atoms with Gasteiger partial charge in [-0.3, -0.25) is 0 Å². The van der Waals surface area contributed by atoms with E-state index in [1.165, 1.54) is 16.7 Å². The highest BCUT2D eigenvalue weighted by Gasteiger charge is 2.10. The molecule has 1 unspecified atom stereocenters. The van der Waals surface area contributed by atoms with Gasteiger partial charge in [0.2, 0.25) is 0 Å². The number of benzene rings is 2. The maximum Gasteiger partial charge on any atom is 0.0406 e. The number of halogens is 1. The van der Waals surface area contributed by atoms with E-state index < -0.39 is 0 Å². The van der Waals surface area contributed by atoms with E-state index in [0.717, 1.165) is 30.8 Å². The lowest BCUT2D eigenvalue weighted by Gasteiger charge is -2.19. The topological polar surface area (TPSA) is 12.0 Å². The monoisotopic (exact) mass is 301 g/mol. The van der Waals surface area contributed by atoms with Crippen LogP contribution in [0.5, 0.6) is 0 Å². The van der Waals surface area contributed by atoms with E-state index in [1.807, 2.05) is 12.1 Å². The van der Waals surface area contributed by atoms with Gasteiger partial charge in [-0.2, -0.15) is 0 Å². The van der Waals surface area contributed by atoms with Gasteiger partial charge < -0.3 is 5.32 Å². The first kappa shape index (κ1) is 16.1. The summed E-state index contributed by atoms with van der Waals surface area (Å²) in [6.45, 7) is 5.42. The molecule has 0 saturated heterocycles. The first-order valence-corrected chi connectivity index (χ1v) is 8.08. The van der Waals surface area contributed by atoms with Crippen LogP contribution in [-0.4, -0.2) is 12.6 Å². The zero-order chi connectivity index (χ0) is 15.1. The van der Waals surface area contributed by atoms with Crippen LogP contribution in [0.2, 0.25) is 5.02 Å². The Morgan fingerprint density at radius 3 is 2.38 bits per heavy atom. The van der Waals surface area contributed by atoms with Gasteiger partial charge in [0, 0.05) is 11.1 Å². The summed E-state index contributed by atoms with van der Waals surface area (Å²) in [5, 5.41) is 4.47. The predicted molar refractivity (Wildman–Crippen MR) is 92.1 cm³/mol. The van der Waals surface area contributed by atoms with E-state index in [1.54, 1.807) is 0 Å². The molecule has 0 heterocycles. The quantitative estimate of drug-likeness (QED) is 0.774. The van der Waals surface area contributed by atoms with Crippen molar-refractivity contribution in [1.82, 2.24) is 5.32 Å². The molecule has 2 aromatic rings. The molecular formula is C19H24ClN. The third-order valence-electron chi connectivity index (χ3n) is 3.64. The maximum absolute atomic E-state index is 5.96. The Labute approximate surface area is 133 Å². The summed E-state index contributed by atoms with van der Waals surface area (Å²) in [7, 11) is 0. The summed E-state index contributed by atoms with van der Waals surface area (Å²) in [5.74, 6) is 0. The highest BCUT2D eigenvalue weighted by molar-refractivity contribution is 6.30. The molecular weight excluding hydrogens is 278 g/mol. The van der Waals surface area contributed by atoms with Crippen molar-refractivity contribution in [3.8, 4) is 0 Å². The minimum atomic E-state index is 0.466.